The average Bonchev–Trinajstić information content (AvgIpc) is 1.69. The van der Waals surface area contributed by atoms with Crippen molar-refractivity contribution in [3.05, 3.63) is 0 Å². The van der Waals surface area contributed by atoms with Gasteiger partial charge in [-0.3, -0.25) is 0 Å². The van der Waals surface area contributed by atoms with E-state index in [1.54, 1.807) is 0 Å². The molecule has 0 spiro atoms. The molecule has 0 atom stereocenters. The molecular formula is C3H3N4+. The minimum Gasteiger partial charge on any atom is -0.234 e. The van der Waals surface area contributed by atoms with Crippen LogP contribution in [-0.4, -0.2) is 18.6 Å². The fraction of sp³-hybridized carbons (Fsp3) is 0. The normalized spacial score (nSPS) is 16.9. The Balaban J connectivity index is 2.66. The van der Waals surface area contributed by atoms with E-state index in [0.717, 1.165) is 0 Å². The molecule has 0 amide bonds. The van der Waals surface area contributed by atoms with E-state index in [1.807, 2.05) is 0 Å². The summed E-state index contributed by atoms with van der Waals surface area (Å²) in [6, 6.07) is 0. The van der Waals surface area contributed by atoms with Crippen molar-refractivity contribution in [2.45, 2.75) is 0 Å². The molecule has 0 saturated carbocycles. The van der Waals surface area contributed by atoms with E-state index in [9.17, 15) is 0 Å². The van der Waals surface area contributed by atoms with Crippen molar-refractivity contribution < 1.29 is 0 Å². The minimum absolute atomic E-state index is 0.00926. The third-order valence-corrected chi connectivity index (χ3v) is 0.493. The van der Waals surface area contributed by atoms with Gasteiger partial charge in [-0.1, -0.05) is 15.3 Å². The number of hydrogen-bond donors (Lipinski definition) is 1. The zero-order valence-corrected chi connectivity index (χ0v) is 3.50. The Morgan fingerprint density at radius 1 is 1.71 bits per heavy atom. The van der Waals surface area contributed by atoms with Crippen LogP contribution in [0.25, 0.3) is 0 Å². The Morgan fingerprint density at radius 2 is 2.57 bits per heavy atom. The molecule has 7 heavy (non-hydrogen) atoms. The van der Waals surface area contributed by atoms with Gasteiger partial charge in [0.1, 0.15) is 0 Å². The van der Waals surface area contributed by atoms with E-state index in [-0.39, 0.29) is 5.96 Å². The van der Waals surface area contributed by atoms with Crippen LogP contribution in [0.4, 0.5) is 0 Å². The van der Waals surface area contributed by atoms with E-state index in [1.165, 1.54) is 12.7 Å². The van der Waals surface area contributed by atoms with Gasteiger partial charge < -0.3 is 0 Å². The van der Waals surface area contributed by atoms with Crippen molar-refractivity contribution in [3.8, 4) is 0 Å². The van der Waals surface area contributed by atoms with Crippen molar-refractivity contribution in [3.63, 3.8) is 0 Å². The fourth-order valence-corrected chi connectivity index (χ4v) is 0.239. The van der Waals surface area contributed by atoms with E-state index in [0.29, 0.717) is 0 Å². The van der Waals surface area contributed by atoms with Crippen LogP contribution in [0.3, 0.4) is 0 Å². The maximum atomic E-state index is 6.73. The van der Waals surface area contributed by atoms with Gasteiger partial charge in [0, 0.05) is 0 Å². The smallest absolute Gasteiger partial charge is 0.234 e. The first-order valence-electron chi connectivity index (χ1n) is 1.73. The maximum absolute atomic E-state index is 6.73. The monoisotopic (exact) mass is 95.0 g/mol. The topological polar surface area (TPSA) is 64.4 Å². The number of guanidine groups is 1. The molecular weight excluding hydrogens is 92.1 g/mol. The molecule has 1 N–H and O–H groups in total. The van der Waals surface area contributed by atoms with E-state index >= 15 is 0 Å². The van der Waals surface area contributed by atoms with Gasteiger partial charge in [0.15, 0.2) is 0 Å². The zero-order chi connectivity index (χ0) is 5.11. The Hall–Kier alpha value is -1.19. The summed E-state index contributed by atoms with van der Waals surface area (Å²) in [5.41, 5.74) is 0. The number of aliphatic imine (C=N–C) groups is 2. The molecule has 34 valence electrons. The summed E-state index contributed by atoms with van der Waals surface area (Å²) in [5, 5.41) is 10.2. The van der Waals surface area contributed by atoms with Crippen LogP contribution in [0, 0.1) is 5.41 Å². The third-order valence-electron chi connectivity index (χ3n) is 0.493. The Bertz CT molecular complexity index is 134. The van der Waals surface area contributed by atoms with Crippen LogP contribution in [0.5, 0.6) is 0 Å². The molecule has 2 radical (unpaired) electrons. The lowest BCUT2D eigenvalue weighted by molar-refractivity contribution is 1.21. The molecule has 0 unspecified atom stereocenters. The molecule has 4 heteroatoms. The zero-order valence-electron chi connectivity index (χ0n) is 3.50. The first kappa shape index (κ1) is 3.98. The molecule has 0 aromatic carbocycles. The summed E-state index contributed by atoms with van der Waals surface area (Å²) >= 11 is 0. The summed E-state index contributed by atoms with van der Waals surface area (Å²) in [6.07, 6.45) is 2.57. The van der Waals surface area contributed by atoms with Crippen molar-refractivity contribution in [1.29, 1.82) is 5.41 Å². The predicted molar refractivity (Wildman–Crippen MR) is 26.6 cm³/mol. The van der Waals surface area contributed by atoms with E-state index in [4.69, 9.17) is 5.41 Å². The van der Waals surface area contributed by atoms with Crippen LogP contribution in [-0.2, 0) is 0 Å². The summed E-state index contributed by atoms with van der Waals surface area (Å²) in [5.74, 6) is 0.00926. The van der Waals surface area contributed by atoms with Crippen LogP contribution in [0.1, 0.15) is 0 Å². The van der Waals surface area contributed by atoms with Crippen molar-refractivity contribution >= 4 is 18.6 Å². The summed E-state index contributed by atoms with van der Waals surface area (Å²) in [6.45, 7) is 0. The third kappa shape index (κ3) is 0.819. The second-order valence-corrected chi connectivity index (χ2v) is 0.962. The summed E-state index contributed by atoms with van der Waals surface area (Å²) in [7, 11) is 0. The largest absolute Gasteiger partial charge is 0.393 e. The fourth-order valence-electron chi connectivity index (χ4n) is 0.239. The second kappa shape index (κ2) is 1.51. The first-order valence-corrected chi connectivity index (χ1v) is 1.73. The molecule has 1 aliphatic heterocycles. The van der Waals surface area contributed by atoms with Gasteiger partial charge in [-0.25, -0.2) is 5.41 Å². The van der Waals surface area contributed by atoms with Crippen LogP contribution in [0.2, 0.25) is 0 Å². The van der Waals surface area contributed by atoms with Gasteiger partial charge in [0.25, 0.3) is 12.7 Å². The lowest BCUT2D eigenvalue weighted by Crippen LogP contribution is -2.17. The van der Waals surface area contributed by atoms with Crippen molar-refractivity contribution in [2.24, 2.45) is 4.99 Å². The van der Waals surface area contributed by atoms with E-state index in [2.05, 4.69) is 15.3 Å². The van der Waals surface area contributed by atoms with Crippen LogP contribution < -0.4 is 10.3 Å². The van der Waals surface area contributed by atoms with Gasteiger partial charge in [0.2, 0.25) is 0 Å². The molecule has 1 rings (SSSR count). The lowest BCUT2D eigenvalue weighted by Gasteiger charge is -1.77. The SMILES string of the molecule is N=C1[N]C=[N+]C=N1. The molecule has 1 heterocycles. The summed E-state index contributed by atoms with van der Waals surface area (Å²) < 4.78 is 0. The average molecular weight is 95.1 g/mol. The van der Waals surface area contributed by atoms with Gasteiger partial charge in [0.05, 0.1) is 0 Å². The molecule has 0 aliphatic carbocycles. The second-order valence-electron chi connectivity index (χ2n) is 0.962. The van der Waals surface area contributed by atoms with Crippen molar-refractivity contribution in [1.82, 2.24) is 10.3 Å². The van der Waals surface area contributed by atoms with Crippen molar-refractivity contribution in [2.75, 3.05) is 0 Å². The molecule has 0 bridgehead atoms. The van der Waals surface area contributed by atoms with Gasteiger partial charge in [-0.2, -0.15) is 0 Å². The highest BCUT2D eigenvalue weighted by Gasteiger charge is 2.04. The standard InChI is InChI=1S/C3H3N4/c4-3-6-1-5-2-7-3/h1-2,4H/q+1. The highest BCUT2D eigenvalue weighted by Crippen LogP contribution is 1.68. The highest BCUT2D eigenvalue weighted by atomic mass is 15.2. The van der Waals surface area contributed by atoms with Crippen LogP contribution >= 0.6 is 0 Å². The molecule has 0 aromatic heterocycles. The maximum Gasteiger partial charge on any atom is 0.393 e. The molecule has 0 aromatic rings. The number of rotatable bonds is 0. The van der Waals surface area contributed by atoms with Crippen LogP contribution in [0.15, 0.2) is 4.99 Å². The number of hydrogen-bond acceptors (Lipinski definition) is 2. The van der Waals surface area contributed by atoms with Gasteiger partial charge in [-0.05, 0) is 0 Å². The quantitative estimate of drug-likeness (QED) is 0.398. The summed E-state index contributed by atoms with van der Waals surface area (Å²) in [4.78, 5) is 6.93. The first-order chi connectivity index (χ1) is 3.39. The highest BCUT2D eigenvalue weighted by molar-refractivity contribution is 5.96. The number of nitrogens with one attached hydrogen (secondary N) is 1. The molecule has 0 fully saturated rings. The number of nitrogens with zero attached hydrogens (tertiary/aromatic N) is 3. The minimum atomic E-state index is 0.00926. The Kier molecular flexibility index (Phi) is 0.856. The molecule has 1 aliphatic rings. The lowest BCUT2D eigenvalue weighted by atomic mass is 10.9. The molecule has 0 saturated heterocycles. The Labute approximate surface area is 40.5 Å². The van der Waals surface area contributed by atoms with E-state index < -0.39 is 0 Å². The van der Waals surface area contributed by atoms with Gasteiger partial charge in [-0.15, -0.1) is 0 Å². The predicted octanol–water partition coefficient (Wildman–Crippen LogP) is -1.07. The van der Waals surface area contributed by atoms with Gasteiger partial charge >= 0.3 is 5.96 Å². The molecule has 4 nitrogen and oxygen atoms in total. The Morgan fingerprint density at radius 3 is 2.86 bits per heavy atom.